The van der Waals surface area contributed by atoms with Crippen LogP contribution in [0.2, 0.25) is 0 Å². The van der Waals surface area contributed by atoms with Crippen molar-refractivity contribution in [2.24, 2.45) is 11.8 Å². The number of fused-ring (bicyclic) bond motifs is 1. The first-order chi connectivity index (χ1) is 5.38. The van der Waals surface area contributed by atoms with E-state index in [1.165, 1.54) is 5.57 Å². The third-order valence-corrected chi connectivity index (χ3v) is 2.37. The molecular weight excluding hydrogens is 132 g/mol. The van der Waals surface area contributed by atoms with Crippen molar-refractivity contribution in [3.8, 4) is 0 Å². The molecule has 0 N–H and O–H groups in total. The molecule has 0 amide bonds. The number of allylic oxidation sites excluding steroid dienone is 8. The molecule has 2 atom stereocenters. The van der Waals surface area contributed by atoms with Crippen molar-refractivity contribution < 1.29 is 0 Å². The Hall–Kier alpha value is -1.04. The molecule has 0 heteroatoms. The zero-order chi connectivity index (χ0) is 7.68. The summed E-state index contributed by atoms with van der Waals surface area (Å²) in [5.74, 6) is 1.28. The second kappa shape index (κ2) is 2.54. The van der Waals surface area contributed by atoms with Crippen LogP contribution in [0, 0.1) is 11.8 Å². The van der Waals surface area contributed by atoms with Crippen LogP contribution in [0.5, 0.6) is 0 Å². The topological polar surface area (TPSA) is 0 Å². The van der Waals surface area contributed by atoms with Crippen LogP contribution in [-0.2, 0) is 0 Å². The van der Waals surface area contributed by atoms with Crippen LogP contribution in [0.25, 0.3) is 0 Å². The summed E-state index contributed by atoms with van der Waals surface area (Å²) in [6.07, 6.45) is 15.3. The summed E-state index contributed by atoms with van der Waals surface area (Å²) in [6.45, 7) is 2.26. The predicted octanol–water partition coefficient (Wildman–Crippen LogP) is 2.86. The fourth-order valence-electron chi connectivity index (χ4n) is 1.68. The summed E-state index contributed by atoms with van der Waals surface area (Å²) in [7, 11) is 0. The van der Waals surface area contributed by atoms with Gasteiger partial charge in [-0.15, -0.1) is 0 Å². The molecule has 0 aromatic rings. The van der Waals surface area contributed by atoms with Gasteiger partial charge in [-0.3, -0.25) is 0 Å². The highest BCUT2D eigenvalue weighted by atomic mass is 14.2. The van der Waals surface area contributed by atoms with Crippen molar-refractivity contribution in [3.05, 3.63) is 48.1 Å². The monoisotopic (exact) mass is 144 g/mol. The van der Waals surface area contributed by atoms with E-state index in [2.05, 4.69) is 49.5 Å². The molecule has 2 rings (SSSR count). The molecule has 2 aliphatic carbocycles. The number of hydrogen-bond acceptors (Lipinski definition) is 0. The van der Waals surface area contributed by atoms with E-state index in [0.717, 1.165) is 0 Å². The van der Waals surface area contributed by atoms with Gasteiger partial charge in [0.15, 0.2) is 0 Å². The van der Waals surface area contributed by atoms with E-state index in [1.54, 1.807) is 0 Å². The second-order valence-corrected chi connectivity index (χ2v) is 3.18. The van der Waals surface area contributed by atoms with Crippen LogP contribution >= 0.6 is 0 Å². The second-order valence-electron chi connectivity index (χ2n) is 3.18. The van der Waals surface area contributed by atoms with Crippen molar-refractivity contribution >= 4 is 0 Å². The molecule has 0 bridgehead atoms. The molecule has 2 unspecified atom stereocenters. The maximum atomic E-state index is 2.28. The SMILES string of the molecule is CC1C=CC=CC2=CC=CC21. The Balaban J connectivity index is 2.34. The third-order valence-electron chi connectivity index (χ3n) is 2.37. The molecule has 0 spiro atoms. The van der Waals surface area contributed by atoms with Crippen molar-refractivity contribution in [3.63, 3.8) is 0 Å². The van der Waals surface area contributed by atoms with Crippen molar-refractivity contribution in [1.29, 1.82) is 0 Å². The molecule has 0 radical (unpaired) electrons. The van der Waals surface area contributed by atoms with E-state index in [-0.39, 0.29) is 0 Å². The Morgan fingerprint density at radius 3 is 2.91 bits per heavy atom. The van der Waals surface area contributed by atoms with Gasteiger partial charge in [0.1, 0.15) is 0 Å². The van der Waals surface area contributed by atoms with Crippen molar-refractivity contribution in [2.45, 2.75) is 6.92 Å². The van der Waals surface area contributed by atoms with Crippen LogP contribution < -0.4 is 0 Å². The molecule has 0 saturated carbocycles. The largest absolute Gasteiger partial charge is 0.0808 e. The average Bonchev–Trinajstić information content (AvgIpc) is 2.40. The predicted molar refractivity (Wildman–Crippen MR) is 48.2 cm³/mol. The fraction of sp³-hybridized carbons (Fsp3) is 0.273. The van der Waals surface area contributed by atoms with Gasteiger partial charge in [-0.2, -0.15) is 0 Å². The maximum absolute atomic E-state index is 2.28. The van der Waals surface area contributed by atoms with Crippen LogP contribution in [0.4, 0.5) is 0 Å². The lowest BCUT2D eigenvalue weighted by atomic mass is 9.90. The van der Waals surface area contributed by atoms with Gasteiger partial charge in [-0.25, -0.2) is 0 Å². The zero-order valence-electron chi connectivity index (χ0n) is 6.70. The standard InChI is InChI=1S/C11H12/c1-9-5-2-3-6-10-7-4-8-11(9)10/h2-9,11H,1H3. The molecular formula is C11H12. The Bertz CT molecular complexity index is 264. The third kappa shape index (κ3) is 1.09. The number of hydrogen-bond donors (Lipinski definition) is 0. The van der Waals surface area contributed by atoms with Gasteiger partial charge >= 0.3 is 0 Å². The molecule has 2 aliphatic rings. The summed E-state index contributed by atoms with van der Waals surface area (Å²) < 4.78 is 0. The van der Waals surface area contributed by atoms with Crippen molar-refractivity contribution in [2.75, 3.05) is 0 Å². The fourth-order valence-corrected chi connectivity index (χ4v) is 1.68. The highest BCUT2D eigenvalue weighted by molar-refractivity contribution is 5.39. The lowest BCUT2D eigenvalue weighted by Gasteiger charge is -2.13. The molecule has 11 heavy (non-hydrogen) atoms. The highest BCUT2D eigenvalue weighted by Crippen LogP contribution is 2.30. The Morgan fingerprint density at radius 2 is 2.00 bits per heavy atom. The van der Waals surface area contributed by atoms with E-state index >= 15 is 0 Å². The van der Waals surface area contributed by atoms with Crippen LogP contribution in [-0.4, -0.2) is 0 Å². The van der Waals surface area contributed by atoms with Crippen molar-refractivity contribution in [1.82, 2.24) is 0 Å². The summed E-state index contributed by atoms with van der Waals surface area (Å²) in [5, 5.41) is 0. The minimum Gasteiger partial charge on any atom is -0.0808 e. The van der Waals surface area contributed by atoms with Gasteiger partial charge in [0.05, 0.1) is 0 Å². The lowest BCUT2D eigenvalue weighted by Crippen LogP contribution is -2.05. The Morgan fingerprint density at radius 1 is 1.09 bits per heavy atom. The van der Waals surface area contributed by atoms with Gasteiger partial charge in [-0.05, 0) is 11.5 Å². The van der Waals surface area contributed by atoms with E-state index in [4.69, 9.17) is 0 Å². The molecule has 0 fully saturated rings. The van der Waals surface area contributed by atoms with Gasteiger partial charge in [0.2, 0.25) is 0 Å². The smallest absolute Gasteiger partial charge is 0.00813 e. The van der Waals surface area contributed by atoms with Crippen LogP contribution in [0.15, 0.2) is 48.1 Å². The van der Waals surface area contributed by atoms with Crippen LogP contribution in [0.3, 0.4) is 0 Å². The van der Waals surface area contributed by atoms with Gasteiger partial charge in [0.25, 0.3) is 0 Å². The minimum atomic E-state index is 0.630. The van der Waals surface area contributed by atoms with Gasteiger partial charge < -0.3 is 0 Å². The summed E-state index contributed by atoms with van der Waals surface area (Å²) >= 11 is 0. The number of rotatable bonds is 0. The molecule has 0 saturated heterocycles. The van der Waals surface area contributed by atoms with Gasteiger partial charge in [-0.1, -0.05) is 49.5 Å². The summed E-state index contributed by atoms with van der Waals surface area (Å²) in [5.41, 5.74) is 1.45. The Kier molecular flexibility index (Phi) is 1.54. The lowest BCUT2D eigenvalue weighted by molar-refractivity contribution is 0.602. The molecule has 0 heterocycles. The molecule has 0 aliphatic heterocycles. The van der Waals surface area contributed by atoms with E-state index in [9.17, 15) is 0 Å². The van der Waals surface area contributed by atoms with E-state index in [0.29, 0.717) is 11.8 Å². The normalized spacial score (nSPS) is 33.4. The first-order valence-electron chi connectivity index (χ1n) is 4.11. The quantitative estimate of drug-likeness (QED) is 0.490. The summed E-state index contributed by atoms with van der Waals surface area (Å²) in [6, 6.07) is 0. The highest BCUT2D eigenvalue weighted by Gasteiger charge is 2.18. The Labute approximate surface area is 67.6 Å². The minimum absolute atomic E-state index is 0.630. The first-order valence-corrected chi connectivity index (χ1v) is 4.11. The zero-order valence-corrected chi connectivity index (χ0v) is 6.70. The van der Waals surface area contributed by atoms with E-state index in [1.807, 2.05) is 0 Å². The van der Waals surface area contributed by atoms with Crippen LogP contribution in [0.1, 0.15) is 6.92 Å². The first kappa shape index (κ1) is 6.66. The molecule has 0 aromatic carbocycles. The molecule has 0 aromatic heterocycles. The van der Waals surface area contributed by atoms with Gasteiger partial charge in [0, 0.05) is 5.92 Å². The molecule has 0 nitrogen and oxygen atoms in total. The summed E-state index contributed by atoms with van der Waals surface area (Å²) in [4.78, 5) is 0. The maximum Gasteiger partial charge on any atom is 0.00813 e. The molecule has 56 valence electrons. The van der Waals surface area contributed by atoms with E-state index < -0.39 is 0 Å². The average molecular weight is 144 g/mol.